The van der Waals surface area contributed by atoms with Gasteiger partial charge in [-0.05, 0) is 60.4 Å². The third kappa shape index (κ3) is 3.52. The molecule has 0 unspecified atom stereocenters. The molecule has 0 N–H and O–H groups in total. The number of carbonyl (C=O) groups excluding carboxylic acids is 4. The molecule has 0 radical (unpaired) electrons. The summed E-state index contributed by atoms with van der Waals surface area (Å²) in [6.45, 7) is -0.904. The van der Waals surface area contributed by atoms with Crippen LogP contribution < -0.4 is 0 Å². The summed E-state index contributed by atoms with van der Waals surface area (Å²) in [7, 11) is 0. The third-order valence-corrected chi connectivity index (χ3v) is 7.40. The molecule has 0 aromatic heterocycles. The van der Waals surface area contributed by atoms with Crippen LogP contribution in [0.15, 0.2) is 54.6 Å². The molecule has 2 aliphatic carbocycles. The van der Waals surface area contributed by atoms with Crippen LogP contribution in [0.25, 0.3) is 0 Å². The van der Waals surface area contributed by atoms with Crippen molar-refractivity contribution in [1.29, 1.82) is 0 Å². The first-order chi connectivity index (χ1) is 15.4. The second kappa shape index (κ2) is 8.17. The number of rotatable bonds is 6. The molecule has 0 spiro atoms. The average Bonchev–Trinajstić information content (AvgIpc) is 3.46. The first-order valence-electron chi connectivity index (χ1n) is 10.8. The first-order valence-corrected chi connectivity index (χ1v) is 11.2. The molecular formula is C25H22ClNO5. The monoisotopic (exact) mass is 451 g/mol. The number of hydrogen-bond donors (Lipinski definition) is 0. The quantitative estimate of drug-likeness (QED) is 0.381. The molecule has 2 amide bonds. The zero-order chi connectivity index (χ0) is 22.4. The maximum Gasteiger partial charge on any atom is 0.326 e. The molecule has 32 heavy (non-hydrogen) atoms. The van der Waals surface area contributed by atoms with E-state index in [1.165, 1.54) is 5.56 Å². The van der Waals surface area contributed by atoms with Crippen LogP contribution in [0, 0.1) is 23.7 Å². The van der Waals surface area contributed by atoms with Gasteiger partial charge >= 0.3 is 5.97 Å². The Balaban J connectivity index is 1.22. The number of esters is 1. The SMILES string of the molecule is O=C(CN1C(=O)[C@@H]2[C@@H]3C[C@@H]([C@H]2C1=O)[C@H](c1ccccc1)C3)OCC(=O)c1ccc(Cl)cc1. The lowest BCUT2D eigenvalue weighted by Crippen LogP contribution is -2.38. The first kappa shape index (κ1) is 20.9. The molecule has 164 valence electrons. The normalized spacial score (nSPS) is 28.2. The summed E-state index contributed by atoms with van der Waals surface area (Å²) in [5, 5.41) is 0.499. The minimum atomic E-state index is -0.763. The molecule has 5 rings (SSSR count). The molecule has 5 atom stereocenters. The van der Waals surface area contributed by atoms with Gasteiger partial charge in [0.05, 0.1) is 11.8 Å². The second-order valence-corrected chi connectivity index (χ2v) is 9.25. The van der Waals surface area contributed by atoms with E-state index in [1.807, 2.05) is 18.2 Å². The largest absolute Gasteiger partial charge is 0.456 e. The van der Waals surface area contributed by atoms with Crippen LogP contribution in [0.4, 0.5) is 0 Å². The zero-order valence-corrected chi connectivity index (χ0v) is 18.0. The van der Waals surface area contributed by atoms with Gasteiger partial charge in [0.2, 0.25) is 11.8 Å². The number of likely N-dealkylation sites (tertiary alicyclic amines) is 1. The standard InChI is InChI=1S/C25H22ClNO5/c26-17-8-6-15(7-9-17)20(28)13-32-21(29)12-27-24(30)22-16-10-18(14-4-2-1-3-5-14)19(11-16)23(22)25(27)31/h1-9,16,18-19,22-23H,10-13H2/t16-,18-,19+,22+,23+/m0/s1. The van der Waals surface area contributed by atoms with Gasteiger partial charge in [-0.3, -0.25) is 24.1 Å². The number of ketones is 1. The number of hydrogen-bond acceptors (Lipinski definition) is 5. The van der Waals surface area contributed by atoms with E-state index in [4.69, 9.17) is 16.3 Å². The lowest BCUT2D eigenvalue weighted by Gasteiger charge is -2.28. The number of Topliss-reactive ketones (excluding diaryl/α,β-unsaturated/α-hetero) is 1. The zero-order valence-electron chi connectivity index (χ0n) is 17.3. The smallest absolute Gasteiger partial charge is 0.326 e. The number of ether oxygens (including phenoxy) is 1. The molecular weight excluding hydrogens is 430 g/mol. The minimum absolute atomic E-state index is 0.122. The third-order valence-electron chi connectivity index (χ3n) is 7.15. The van der Waals surface area contributed by atoms with E-state index in [9.17, 15) is 19.2 Å². The van der Waals surface area contributed by atoms with Crippen molar-refractivity contribution in [2.24, 2.45) is 23.7 Å². The molecule has 1 aliphatic heterocycles. The van der Waals surface area contributed by atoms with E-state index in [1.54, 1.807) is 24.3 Å². The van der Waals surface area contributed by atoms with Gasteiger partial charge in [-0.25, -0.2) is 0 Å². The van der Waals surface area contributed by atoms with E-state index in [0.717, 1.165) is 17.7 Å². The summed E-state index contributed by atoms with van der Waals surface area (Å²) >= 11 is 5.81. The van der Waals surface area contributed by atoms with Gasteiger partial charge in [-0.15, -0.1) is 0 Å². The molecule has 1 saturated heterocycles. The Hall–Kier alpha value is -2.99. The van der Waals surface area contributed by atoms with Crippen LogP contribution >= 0.6 is 11.6 Å². The summed E-state index contributed by atoms with van der Waals surface area (Å²) in [5.74, 6) is -1.85. The number of fused-ring (bicyclic) bond motifs is 5. The highest BCUT2D eigenvalue weighted by Gasteiger charge is 2.64. The van der Waals surface area contributed by atoms with E-state index < -0.39 is 19.1 Å². The van der Waals surface area contributed by atoms with Crippen LogP contribution in [-0.2, 0) is 19.1 Å². The predicted octanol–water partition coefficient (Wildman–Crippen LogP) is 3.49. The van der Waals surface area contributed by atoms with Crippen LogP contribution in [0.5, 0.6) is 0 Å². The van der Waals surface area contributed by atoms with Crippen molar-refractivity contribution in [3.8, 4) is 0 Å². The van der Waals surface area contributed by atoms with Gasteiger partial charge in [0.15, 0.2) is 12.4 Å². The van der Waals surface area contributed by atoms with Gasteiger partial charge in [0.25, 0.3) is 0 Å². The van der Waals surface area contributed by atoms with Crippen molar-refractivity contribution in [3.63, 3.8) is 0 Å². The Labute approximate surface area is 190 Å². The molecule has 2 bridgehead atoms. The van der Waals surface area contributed by atoms with E-state index in [-0.39, 0.29) is 47.2 Å². The number of benzene rings is 2. The lowest BCUT2D eigenvalue weighted by molar-refractivity contribution is -0.152. The molecule has 2 aromatic rings. The molecule has 3 aliphatic rings. The predicted molar refractivity (Wildman–Crippen MR) is 116 cm³/mol. The Morgan fingerprint density at radius 3 is 2.34 bits per heavy atom. The fourth-order valence-corrected chi connectivity index (χ4v) is 5.93. The maximum absolute atomic E-state index is 13.1. The fourth-order valence-electron chi connectivity index (χ4n) is 5.80. The number of imide groups is 1. The number of nitrogens with zero attached hydrogens (tertiary/aromatic N) is 1. The topological polar surface area (TPSA) is 80.8 Å². The molecule has 2 aromatic carbocycles. The minimum Gasteiger partial charge on any atom is -0.456 e. The summed E-state index contributed by atoms with van der Waals surface area (Å²) < 4.78 is 5.06. The number of carbonyl (C=O) groups is 4. The van der Waals surface area contributed by atoms with Crippen molar-refractivity contribution >= 4 is 35.2 Å². The van der Waals surface area contributed by atoms with Gasteiger partial charge < -0.3 is 4.74 Å². The van der Waals surface area contributed by atoms with E-state index in [0.29, 0.717) is 10.6 Å². The van der Waals surface area contributed by atoms with Gasteiger partial charge in [0, 0.05) is 10.6 Å². The fraction of sp³-hybridized carbons (Fsp3) is 0.360. The van der Waals surface area contributed by atoms with Gasteiger partial charge in [-0.1, -0.05) is 41.9 Å². The summed E-state index contributed by atoms with van der Waals surface area (Å²) in [6, 6.07) is 16.4. The van der Waals surface area contributed by atoms with Crippen LogP contribution in [0.1, 0.15) is 34.7 Å². The van der Waals surface area contributed by atoms with E-state index >= 15 is 0 Å². The molecule has 1 heterocycles. The lowest BCUT2D eigenvalue weighted by atomic mass is 9.73. The summed E-state index contributed by atoms with van der Waals surface area (Å²) in [4.78, 5) is 51.6. The van der Waals surface area contributed by atoms with Crippen molar-refractivity contribution in [1.82, 2.24) is 4.90 Å². The second-order valence-electron chi connectivity index (χ2n) is 8.82. The molecule has 3 fully saturated rings. The Morgan fingerprint density at radius 1 is 0.938 bits per heavy atom. The number of halogens is 1. The van der Waals surface area contributed by atoms with Crippen molar-refractivity contribution in [2.45, 2.75) is 18.8 Å². The van der Waals surface area contributed by atoms with Crippen molar-refractivity contribution < 1.29 is 23.9 Å². The summed E-state index contributed by atoms with van der Waals surface area (Å²) in [5.41, 5.74) is 1.57. The van der Waals surface area contributed by atoms with E-state index in [2.05, 4.69) is 12.1 Å². The van der Waals surface area contributed by atoms with Crippen molar-refractivity contribution in [2.75, 3.05) is 13.2 Å². The van der Waals surface area contributed by atoms with Crippen molar-refractivity contribution in [3.05, 3.63) is 70.7 Å². The van der Waals surface area contributed by atoms with Gasteiger partial charge in [-0.2, -0.15) is 0 Å². The highest BCUT2D eigenvalue weighted by atomic mass is 35.5. The Kier molecular flexibility index (Phi) is 5.33. The van der Waals surface area contributed by atoms with Crippen LogP contribution in [-0.4, -0.2) is 41.6 Å². The molecule has 7 heteroatoms. The Morgan fingerprint density at radius 2 is 1.62 bits per heavy atom. The maximum atomic E-state index is 13.1. The van der Waals surface area contributed by atoms with Gasteiger partial charge in [0.1, 0.15) is 6.54 Å². The molecule has 6 nitrogen and oxygen atoms in total. The summed E-state index contributed by atoms with van der Waals surface area (Å²) in [6.07, 6.45) is 1.77. The van der Waals surface area contributed by atoms with Crippen LogP contribution in [0.2, 0.25) is 5.02 Å². The van der Waals surface area contributed by atoms with Crippen LogP contribution in [0.3, 0.4) is 0 Å². The Bertz CT molecular complexity index is 1080. The average molecular weight is 452 g/mol. The highest BCUT2D eigenvalue weighted by molar-refractivity contribution is 6.30. The molecule has 2 saturated carbocycles. The number of amides is 2. The highest BCUT2D eigenvalue weighted by Crippen LogP contribution is 2.61.